The number of methoxy groups -OCH3 is 1. The van der Waals surface area contributed by atoms with Crippen molar-refractivity contribution in [2.45, 2.75) is 38.0 Å². The first kappa shape index (κ1) is 24.6. The predicted molar refractivity (Wildman–Crippen MR) is 144 cm³/mol. The molecule has 9 heteroatoms. The maximum absolute atomic E-state index is 9.97. The van der Waals surface area contributed by atoms with Crippen LogP contribution < -0.4 is 15.0 Å². The van der Waals surface area contributed by atoms with Crippen LogP contribution in [0, 0.1) is 16.7 Å². The molecule has 2 N–H and O–H groups in total. The third-order valence-corrected chi connectivity index (χ3v) is 8.47. The van der Waals surface area contributed by atoms with Gasteiger partial charge in [0.2, 0.25) is 5.95 Å². The molecule has 2 fully saturated rings. The zero-order chi connectivity index (χ0) is 26.3. The molecule has 1 unspecified atom stereocenters. The molecular formula is C29H32N6O3. The molecule has 3 aromatic rings. The highest BCUT2D eigenvalue weighted by Crippen LogP contribution is 2.45. The molecule has 9 nitrogen and oxygen atoms in total. The van der Waals surface area contributed by atoms with E-state index in [2.05, 4.69) is 39.2 Å². The molecule has 0 bridgehead atoms. The highest BCUT2D eigenvalue weighted by Gasteiger charge is 2.44. The second kappa shape index (κ2) is 9.53. The van der Waals surface area contributed by atoms with Gasteiger partial charge in [-0.2, -0.15) is 5.26 Å². The van der Waals surface area contributed by atoms with E-state index < -0.39 is 0 Å². The molecule has 0 saturated carbocycles. The van der Waals surface area contributed by atoms with Gasteiger partial charge in [0.05, 0.1) is 36.3 Å². The average molecular weight is 513 g/mol. The summed E-state index contributed by atoms with van der Waals surface area (Å²) in [7, 11) is 1.62. The number of aliphatic hydroxyl groups excluding tert-OH is 1. The van der Waals surface area contributed by atoms with E-state index in [0.717, 1.165) is 80.2 Å². The van der Waals surface area contributed by atoms with E-state index in [4.69, 9.17) is 14.5 Å². The molecule has 1 spiro atoms. The first-order valence-corrected chi connectivity index (χ1v) is 13.1. The van der Waals surface area contributed by atoms with Gasteiger partial charge in [0.15, 0.2) is 0 Å². The van der Waals surface area contributed by atoms with Gasteiger partial charge in [0.1, 0.15) is 11.8 Å². The fraction of sp³-hybridized carbons (Fsp3) is 0.448. The van der Waals surface area contributed by atoms with Gasteiger partial charge < -0.3 is 24.8 Å². The minimum Gasteiger partial charge on any atom is -0.494 e. The molecule has 6 rings (SSSR count). The van der Waals surface area contributed by atoms with E-state index in [1.165, 1.54) is 0 Å². The van der Waals surface area contributed by atoms with E-state index in [0.29, 0.717) is 28.4 Å². The van der Waals surface area contributed by atoms with E-state index in [-0.39, 0.29) is 12.0 Å². The van der Waals surface area contributed by atoms with Crippen LogP contribution in [0.25, 0.3) is 11.3 Å². The summed E-state index contributed by atoms with van der Waals surface area (Å²) < 4.78 is 11.2. The second-order valence-electron chi connectivity index (χ2n) is 11.0. The van der Waals surface area contributed by atoms with Gasteiger partial charge >= 0.3 is 0 Å². The quantitative estimate of drug-likeness (QED) is 0.506. The van der Waals surface area contributed by atoms with Crippen molar-refractivity contribution >= 4 is 17.3 Å². The van der Waals surface area contributed by atoms with E-state index in [1.807, 2.05) is 24.4 Å². The van der Waals surface area contributed by atoms with Crippen LogP contribution in [0.15, 0.2) is 36.7 Å². The van der Waals surface area contributed by atoms with Crippen LogP contribution in [-0.4, -0.2) is 60.1 Å². The number of rotatable bonds is 6. The van der Waals surface area contributed by atoms with Crippen molar-refractivity contribution < 1.29 is 14.6 Å². The Morgan fingerprint density at radius 1 is 1.18 bits per heavy atom. The number of nitrogens with zero attached hydrogens (tertiary/aromatic N) is 5. The third kappa shape index (κ3) is 4.24. The Kier molecular flexibility index (Phi) is 6.17. The molecule has 2 aromatic heterocycles. The van der Waals surface area contributed by atoms with Gasteiger partial charge in [-0.15, -0.1) is 0 Å². The maximum atomic E-state index is 9.97. The van der Waals surface area contributed by atoms with E-state index in [9.17, 15) is 10.4 Å². The van der Waals surface area contributed by atoms with Gasteiger partial charge in [-0.05, 0) is 49.4 Å². The molecule has 4 heterocycles. The lowest BCUT2D eigenvalue weighted by atomic mass is 9.73. The van der Waals surface area contributed by atoms with Crippen LogP contribution in [0.3, 0.4) is 0 Å². The van der Waals surface area contributed by atoms with Crippen LogP contribution in [0.1, 0.15) is 43.0 Å². The number of anilines is 3. The number of fused-ring (bicyclic) bond motifs is 1. The second-order valence-corrected chi connectivity index (χ2v) is 11.0. The predicted octanol–water partition coefficient (Wildman–Crippen LogP) is 3.98. The summed E-state index contributed by atoms with van der Waals surface area (Å²) >= 11 is 0. The van der Waals surface area contributed by atoms with Crippen LogP contribution in [-0.2, 0) is 16.6 Å². The van der Waals surface area contributed by atoms with Crippen molar-refractivity contribution in [1.82, 2.24) is 15.0 Å². The summed E-state index contributed by atoms with van der Waals surface area (Å²) in [4.78, 5) is 16.0. The Labute approximate surface area is 222 Å². The molecular weight excluding hydrogens is 480 g/mol. The normalized spacial score (nSPS) is 21.5. The molecule has 1 aliphatic carbocycles. The van der Waals surface area contributed by atoms with Crippen LogP contribution in [0.5, 0.6) is 5.75 Å². The number of ether oxygens (including phenoxy) is 2. The van der Waals surface area contributed by atoms with Gasteiger partial charge in [-0.3, -0.25) is 4.98 Å². The number of hydrogen-bond donors (Lipinski definition) is 2. The summed E-state index contributed by atoms with van der Waals surface area (Å²) in [5, 5.41) is 23.2. The first-order valence-electron chi connectivity index (χ1n) is 13.1. The molecule has 1 atom stereocenters. The largest absolute Gasteiger partial charge is 0.494 e. The van der Waals surface area contributed by atoms with Crippen LogP contribution in [0.2, 0.25) is 0 Å². The topological polar surface area (TPSA) is 116 Å². The average Bonchev–Trinajstić information content (AvgIpc) is 3.28. The van der Waals surface area contributed by atoms with Gasteiger partial charge in [0, 0.05) is 66.9 Å². The first-order chi connectivity index (χ1) is 18.5. The summed E-state index contributed by atoms with van der Waals surface area (Å²) in [6.07, 6.45) is 7.41. The zero-order valence-electron chi connectivity index (χ0n) is 21.8. The number of nitrogens with one attached hydrogen (secondary N) is 1. The lowest BCUT2D eigenvalue weighted by Gasteiger charge is -2.53. The van der Waals surface area contributed by atoms with Gasteiger partial charge in [0.25, 0.3) is 0 Å². The summed E-state index contributed by atoms with van der Waals surface area (Å²) in [6, 6.07) is 10.0. The Bertz CT molecular complexity index is 1410. The van der Waals surface area contributed by atoms with Crippen molar-refractivity contribution in [3.05, 3.63) is 53.5 Å². The van der Waals surface area contributed by atoms with Crippen LogP contribution >= 0.6 is 0 Å². The standard InChI is InChI=1S/C29H32N6O3/c1-28(18-36)5-3-23-21(28)11-20(15-32-23)22-4-8-31-27(33-22)34-24-12-19(14-30)25(13-26(24)37-2)35-16-29(17-35)6-9-38-10-7-29/h4,8,11-13,15,36H,3,5-7,9-10,16-18H2,1-2H3,(H,31,33,34). The van der Waals surface area contributed by atoms with Gasteiger partial charge in [-0.25, -0.2) is 9.97 Å². The smallest absolute Gasteiger partial charge is 0.227 e. The molecule has 196 valence electrons. The highest BCUT2D eigenvalue weighted by molar-refractivity contribution is 5.75. The SMILES string of the molecule is COc1cc(N2CC3(CCOCC3)C2)c(C#N)cc1Nc1nccc(-c2cnc3c(c2)C(C)(CO)CC3)n1. The minimum absolute atomic E-state index is 0.0888. The number of pyridine rings is 1. The molecule has 2 aliphatic heterocycles. The maximum Gasteiger partial charge on any atom is 0.227 e. The van der Waals surface area contributed by atoms with Crippen molar-refractivity contribution in [3.63, 3.8) is 0 Å². The fourth-order valence-electron chi connectivity index (χ4n) is 5.99. The van der Waals surface area contributed by atoms with Gasteiger partial charge in [-0.1, -0.05) is 6.92 Å². The number of hydrogen-bond acceptors (Lipinski definition) is 9. The number of aryl methyl sites for hydroxylation is 1. The fourth-order valence-corrected chi connectivity index (χ4v) is 5.99. The van der Waals surface area contributed by atoms with E-state index in [1.54, 1.807) is 13.3 Å². The summed E-state index contributed by atoms with van der Waals surface area (Å²) in [5.41, 5.74) is 5.83. The summed E-state index contributed by atoms with van der Waals surface area (Å²) in [6.45, 7) is 5.64. The summed E-state index contributed by atoms with van der Waals surface area (Å²) in [5.74, 6) is 1.02. The molecule has 38 heavy (non-hydrogen) atoms. The Morgan fingerprint density at radius 3 is 2.74 bits per heavy atom. The van der Waals surface area contributed by atoms with Crippen molar-refractivity contribution in [1.29, 1.82) is 5.26 Å². The third-order valence-electron chi connectivity index (χ3n) is 8.47. The number of aromatic nitrogens is 3. The highest BCUT2D eigenvalue weighted by atomic mass is 16.5. The minimum atomic E-state index is -0.282. The van der Waals surface area contributed by atoms with Crippen molar-refractivity contribution in [3.8, 4) is 23.1 Å². The Balaban J connectivity index is 1.26. The lowest BCUT2D eigenvalue weighted by Crippen LogP contribution is -2.58. The monoisotopic (exact) mass is 512 g/mol. The van der Waals surface area contributed by atoms with Crippen molar-refractivity contribution in [2.24, 2.45) is 5.41 Å². The lowest BCUT2D eigenvalue weighted by molar-refractivity contribution is -0.000216. The van der Waals surface area contributed by atoms with Crippen LogP contribution in [0.4, 0.5) is 17.3 Å². The molecule has 0 amide bonds. The molecule has 3 aliphatic rings. The molecule has 0 radical (unpaired) electrons. The van der Waals surface area contributed by atoms with Crippen molar-refractivity contribution in [2.75, 3.05) is 50.2 Å². The number of nitriles is 1. The number of aliphatic hydroxyl groups is 1. The number of benzene rings is 1. The molecule has 2 saturated heterocycles. The Morgan fingerprint density at radius 2 is 2.00 bits per heavy atom. The van der Waals surface area contributed by atoms with E-state index >= 15 is 0 Å². The molecule has 1 aromatic carbocycles. The Hall–Kier alpha value is -3.74. The zero-order valence-corrected chi connectivity index (χ0v) is 21.8.